The van der Waals surface area contributed by atoms with Gasteiger partial charge in [0.25, 0.3) is 0 Å². The fraction of sp³-hybridized carbons (Fsp3) is 0.235. The highest BCUT2D eigenvalue weighted by Crippen LogP contribution is 2.20. The molecule has 0 spiro atoms. The van der Waals surface area contributed by atoms with Gasteiger partial charge >= 0.3 is 0 Å². The molecule has 3 nitrogen and oxygen atoms in total. The summed E-state index contributed by atoms with van der Waals surface area (Å²) in [5, 5.41) is 6.11. The van der Waals surface area contributed by atoms with Crippen LogP contribution in [0.15, 0.2) is 46.9 Å². The van der Waals surface area contributed by atoms with Crippen molar-refractivity contribution in [3.63, 3.8) is 0 Å². The van der Waals surface area contributed by atoms with Gasteiger partial charge in [-0.1, -0.05) is 33.6 Å². The summed E-state index contributed by atoms with van der Waals surface area (Å²) in [4.78, 5) is 12.2. The van der Waals surface area contributed by atoms with Crippen LogP contribution in [0, 0.1) is 13.8 Å². The molecule has 110 valence electrons. The normalized spacial score (nSPS) is 11.8. The lowest BCUT2D eigenvalue weighted by Gasteiger charge is -2.16. The van der Waals surface area contributed by atoms with E-state index in [-0.39, 0.29) is 11.9 Å². The molecule has 1 atom stereocenters. The van der Waals surface area contributed by atoms with Gasteiger partial charge in [0.2, 0.25) is 5.91 Å². The van der Waals surface area contributed by atoms with E-state index in [1.807, 2.05) is 63.2 Å². The number of benzene rings is 2. The van der Waals surface area contributed by atoms with Crippen LogP contribution < -0.4 is 10.6 Å². The number of halogens is 1. The molecule has 0 radical (unpaired) electrons. The summed E-state index contributed by atoms with van der Waals surface area (Å²) in [6.45, 7) is 5.89. The molecule has 0 saturated carbocycles. The zero-order chi connectivity index (χ0) is 15.4. The molecule has 0 bridgehead atoms. The summed E-state index contributed by atoms with van der Waals surface area (Å²) >= 11 is 3.47. The maximum atomic E-state index is 12.2. The number of carbonyl (C=O) groups excluding carboxylic acids is 1. The SMILES string of the molecule is Cc1ccc(NC(=O)C(C)Nc2ccc(Br)c(C)c2)cc1. The molecule has 0 saturated heterocycles. The molecule has 0 aliphatic carbocycles. The Bertz CT molecular complexity index is 638. The zero-order valence-electron chi connectivity index (χ0n) is 12.4. The lowest BCUT2D eigenvalue weighted by atomic mass is 10.2. The van der Waals surface area contributed by atoms with Gasteiger partial charge in [0.15, 0.2) is 0 Å². The van der Waals surface area contributed by atoms with E-state index in [4.69, 9.17) is 0 Å². The van der Waals surface area contributed by atoms with Crippen molar-refractivity contribution in [2.75, 3.05) is 10.6 Å². The predicted molar refractivity (Wildman–Crippen MR) is 91.8 cm³/mol. The van der Waals surface area contributed by atoms with E-state index >= 15 is 0 Å². The zero-order valence-corrected chi connectivity index (χ0v) is 14.0. The number of aryl methyl sites for hydroxylation is 2. The summed E-state index contributed by atoms with van der Waals surface area (Å²) < 4.78 is 1.06. The third-order valence-electron chi connectivity index (χ3n) is 3.25. The number of carbonyl (C=O) groups is 1. The molecule has 2 aromatic rings. The van der Waals surface area contributed by atoms with E-state index in [9.17, 15) is 4.79 Å². The van der Waals surface area contributed by atoms with Crippen molar-refractivity contribution in [1.29, 1.82) is 0 Å². The lowest BCUT2D eigenvalue weighted by molar-refractivity contribution is -0.116. The molecule has 2 aromatic carbocycles. The summed E-state index contributed by atoms with van der Waals surface area (Å²) in [6.07, 6.45) is 0. The van der Waals surface area contributed by atoms with E-state index in [0.29, 0.717) is 0 Å². The van der Waals surface area contributed by atoms with Gasteiger partial charge in [-0.05, 0) is 56.7 Å². The van der Waals surface area contributed by atoms with Crippen LogP contribution in [0.5, 0.6) is 0 Å². The van der Waals surface area contributed by atoms with Crippen molar-refractivity contribution in [1.82, 2.24) is 0 Å². The van der Waals surface area contributed by atoms with Crippen LogP contribution in [0.1, 0.15) is 18.1 Å². The van der Waals surface area contributed by atoms with Gasteiger partial charge in [-0.2, -0.15) is 0 Å². The number of nitrogens with one attached hydrogen (secondary N) is 2. The minimum absolute atomic E-state index is 0.0561. The van der Waals surface area contributed by atoms with Crippen molar-refractivity contribution in [3.05, 3.63) is 58.1 Å². The highest BCUT2D eigenvalue weighted by molar-refractivity contribution is 9.10. The number of hydrogen-bond donors (Lipinski definition) is 2. The Morgan fingerprint density at radius 1 is 1.05 bits per heavy atom. The molecule has 1 unspecified atom stereocenters. The van der Waals surface area contributed by atoms with Gasteiger partial charge < -0.3 is 10.6 Å². The fourth-order valence-corrected chi connectivity index (χ4v) is 2.18. The maximum absolute atomic E-state index is 12.2. The van der Waals surface area contributed by atoms with Crippen LogP contribution in [0.3, 0.4) is 0 Å². The lowest BCUT2D eigenvalue weighted by Crippen LogP contribution is -2.31. The fourth-order valence-electron chi connectivity index (χ4n) is 1.94. The minimum atomic E-state index is -0.313. The van der Waals surface area contributed by atoms with E-state index in [1.165, 1.54) is 5.56 Å². The van der Waals surface area contributed by atoms with Crippen molar-refractivity contribution in [3.8, 4) is 0 Å². The highest BCUT2D eigenvalue weighted by atomic mass is 79.9. The van der Waals surface area contributed by atoms with Crippen molar-refractivity contribution >= 4 is 33.2 Å². The second-order valence-electron chi connectivity index (χ2n) is 5.19. The first-order chi connectivity index (χ1) is 9.95. The molecule has 21 heavy (non-hydrogen) atoms. The Morgan fingerprint density at radius 3 is 2.29 bits per heavy atom. The summed E-state index contributed by atoms with van der Waals surface area (Å²) in [5.74, 6) is -0.0561. The molecule has 0 fully saturated rings. The molecule has 4 heteroatoms. The molecule has 0 aliphatic rings. The van der Waals surface area contributed by atoms with Gasteiger partial charge in [0.05, 0.1) is 0 Å². The first-order valence-corrected chi connectivity index (χ1v) is 7.65. The monoisotopic (exact) mass is 346 g/mol. The maximum Gasteiger partial charge on any atom is 0.246 e. The molecule has 0 heterocycles. The van der Waals surface area contributed by atoms with Crippen molar-refractivity contribution in [2.45, 2.75) is 26.8 Å². The van der Waals surface area contributed by atoms with Gasteiger partial charge in [-0.15, -0.1) is 0 Å². The second kappa shape index (κ2) is 6.76. The standard InChI is InChI=1S/C17H19BrN2O/c1-11-4-6-14(7-5-11)20-17(21)13(3)19-15-8-9-16(18)12(2)10-15/h4-10,13,19H,1-3H3,(H,20,21). The third kappa shape index (κ3) is 4.33. The van der Waals surface area contributed by atoms with E-state index in [2.05, 4.69) is 26.6 Å². The molecule has 1 amide bonds. The number of amides is 1. The quantitative estimate of drug-likeness (QED) is 0.855. The third-order valence-corrected chi connectivity index (χ3v) is 4.14. The predicted octanol–water partition coefficient (Wildman–Crippen LogP) is 4.51. The van der Waals surface area contributed by atoms with Crippen molar-refractivity contribution < 1.29 is 4.79 Å². The number of anilines is 2. The minimum Gasteiger partial charge on any atom is -0.374 e. The van der Waals surface area contributed by atoms with E-state index < -0.39 is 0 Å². The molecule has 2 rings (SSSR count). The van der Waals surface area contributed by atoms with E-state index in [1.54, 1.807) is 0 Å². The van der Waals surface area contributed by atoms with Gasteiger partial charge in [0.1, 0.15) is 6.04 Å². The summed E-state index contributed by atoms with van der Waals surface area (Å²) in [7, 11) is 0. The molecular formula is C17H19BrN2O. The Labute approximate surface area is 133 Å². The van der Waals surface area contributed by atoms with Crippen LogP contribution in [-0.2, 0) is 4.79 Å². The van der Waals surface area contributed by atoms with E-state index in [0.717, 1.165) is 21.4 Å². The van der Waals surface area contributed by atoms with Crippen LogP contribution in [0.25, 0.3) is 0 Å². The van der Waals surface area contributed by atoms with Gasteiger partial charge in [-0.3, -0.25) is 4.79 Å². The van der Waals surface area contributed by atoms with Crippen molar-refractivity contribution in [2.24, 2.45) is 0 Å². The molecule has 0 aromatic heterocycles. The molecule has 2 N–H and O–H groups in total. The van der Waals surface area contributed by atoms with Gasteiger partial charge in [-0.25, -0.2) is 0 Å². The Balaban J connectivity index is 1.98. The number of hydrogen-bond acceptors (Lipinski definition) is 2. The Kier molecular flexibility index (Phi) is 5.02. The smallest absolute Gasteiger partial charge is 0.246 e. The number of rotatable bonds is 4. The van der Waals surface area contributed by atoms with Crippen LogP contribution in [0.2, 0.25) is 0 Å². The Hall–Kier alpha value is -1.81. The average Bonchev–Trinajstić information content (AvgIpc) is 2.45. The average molecular weight is 347 g/mol. The van der Waals surface area contributed by atoms with Crippen LogP contribution >= 0.6 is 15.9 Å². The first kappa shape index (κ1) is 15.6. The largest absolute Gasteiger partial charge is 0.374 e. The second-order valence-corrected chi connectivity index (χ2v) is 6.04. The highest BCUT2D eigenvalue weighted by Gasteiger charge is 2.13. The molecule has 0 aliphatic heterocycles. The first-order valence-electron chi connectivity index (χ1n) is 6.86. The van der Waals surface area contributed by atoms with Crippen LogP contribution in [0.4, 0.5) is 11.4 Å². The summed E-state index contributed by atoms with van der Waals surface area (Å²) in [5.41, 5.74) is 4.05. The molecular weight excluding hydrogens is 328 g/mol. The summed E-state index contributed by atoms with van der Waals surface area (Å²) in [6, 6.07) is 13.4. The topological polar surface area (TPSA) is 41.1 Å². The van der Waals surface area contributed by atoms with Crippen LogP contribution in [-0.4, -0.2) is 11.9 Å². The Morgan fingerprint density at radius 2 is 1.67 bits per heavy atom. The van der Waals surface area contributed by atoms with Gasteiger partial charge in [0, 0.05) is 15.8 Å².